The summed E-state index contributed by atoms with van der Waals surface area (Å²) in [6.07, 6.45) is 0. The van der Waals surface area contributed by atoms with Crippen molar-refractivity contribution >= 4 is 0 Å². The van der Waals surface area contributed by atoms with Gasteiger partial charge in [0.15, 0.2) is 0 Å². The molecule has 0 aromatic heterocycles. The van der Waals surface area contributed by atoms with Crippen LogP contribution in [0.5, 0.6) is 0 Å². The van der Waals surface area contributed by atoms with Gasteiger partial charge in [-0.05, 0) is 6.92 Å². The van der Waals surface area contributed by atoms with Crippen molar-refractivity contribution in [3.05, 3.63) is 0 Å². The van der Waals surface area contributed by atoms with Crippen molar-refractivity contribution in [1.82, 2.24) is 4.90 Å². The van der Waals surface area contributed by atoms with Gasteiger partial charge in [-0.3, -0.25) is 4.90 Å². The van der Waals surface area contributed by atoms with E-state index in [-0.39, 0.29) is 19.1 Å². The lowest BCUT2D eigenvalue weighted by molar-refractivity contribution is -0.131. The van der Waals surface area contributed by atoms with E-state index in [1.165, 1.54) is 0 Å². The van der Waals surface area contributed by atoms with Crippen LogP contribution in [-0.4, -0.2) is 36.5 Å². The molecule has 0 radical (unpaired) electrons. The summed E-state index contributed by atoms with van der Waals surface area (Å²) >= 11 is 0. The lowest BCUT2D eigenvalue weighted by atomic mass is 10.1. The summed E-state index contributed by atoms with van der Waals surface area (Å²) in [5.41, 5.74) is 5.40. The van der Waals surface area contributed by atoms with Gasteiger partial charge in [0.2, 0.25) is 0 Å². The number of nitrogens with two attached hydrogens (primary N) is 1. The zero-order valence-corrected chi connectivity index (χ0v) is 5.98. The monoisotopic (exact) mass is 150 g/mol. The first-order valence-corrected chi connectivity index (χ1v) is 3.35. The van der Waals surface area contributed by atoms with E-state index in [4.69, 9.17) is 5.73 Å². The number of rotatable bonds is 2. The molecule has 1 aliphatic rings. The van der Waals surface area contributed by atoms with Crippen molar-refractivity contribution < 1.29 is 8.78 Å². The van der Waals surface area contributed by atoms with Gasteiger partial charge >= 0.3 is 0 Å². The molecule has 60 valence electrons. The van der Waals surface area contributed by atoms with Crippen LogP contribution in [0.15, 0.2) is 0 Å². The van der Waals surface area contributed by atoms with Crippen LogP contribution in [0.4, 0.5) is 8.78 Å². The van der Waals surface area contributed by atoms with Crippen LogP contribution in [0, 0.1) is 0 Å². The molecule has 0 aromatic carbocycles. The van der Waals surface area contributed by atoms with Crippen LogP contribution in [0.25, 0.3) is 0 Å². The van der Waals surface area contributed by atoms with Crippen LogP contribution < -0.4 is 5.73 Å². The summed E-state index contributed by atoms with van der Waals surface area (Å²) in [4.78, 5) is 1.66. The lowest BCUT2D eigenvalue weighted by Crippen LogP contribution is -2.58. The van der Waals surface area contributed by atoms with Gasteiger partial charge in [-0.25, -0.2) is 8.78 Å². The predicted molar refractivity (Wildman–Crippen MR) is 35.0 cm³/mol. The molecule has 0 unspecified atom stereocenters. The summed E-state index contributed by atoms with van der Waals surface area (Å²) in [5, 5.41) is 0. The van der Waals surface area contributed by atoms with Crippen molar-refractivity contribution in [3.8, 4) is 0 Å². The number of likely N-dealkylation sites (tertiary alicyclic amines) is 1. The summed E-state index contributed by atoms with van der Waals surface area (Å²) in [6, 6.07) is -0.00361. The minimum absolute atomic E-state index is 0.00361. The molecule has 0 aliphatic carbocycles. The number of hydrogen-bond acceptors (Lipinski definition) is 2. The second kappa shape index (κ2) is 2.43. The highest BCUT2D eigenvalue weighted by molar-refractivity contribution is 4.87. The summed E-state index contributed by atoms with van der Waals surface area (Å²) in [6.45, 7) is 2.16. The molecule has 0 bridgehead atoms. The molecule has 1 saturated heterocycles. The molecule has 0 amide bonds. The van der Waals surface area contributed by atoms with E-state index in [0.29, 0.717) is 6.54 Å². The molecular formula is C6H12F2N2. The van der Waals surface area contributed by atoms with Gasteiger partial charge in [0.05, 0.1) is 13.1 Å². The van der Waals surface area contributed by atoms with E-state index in [1.54, 1.807) is 4.90 Å². The van der Waals surface area contributed by atoms with Crippen molar-refractivity contribution in [2.45, 2.75) is 18.9 Å². The van der Waals surface area contributed by atoms with Gasteiger partial charge in [0.1, 0.15) is 0 Å². The average molecular weight is 150 g/mol. The van der Waals surface area contributed by atoms with Crippen LogP contribution in [0.1, 0.15) is 6.92 Å². The maximum Gasteiger partial charge on any atom is 0.272 e. The number of nitrogens with zero attached hydrogens (tertiary/aromatic N) is 1. The first-order chi connectivity index (χ1) is 4.49. The third kappa shape index (κ3) is 1.88. The van der Waals surface area contributed by atoms with Crippen molar-refractivity contribution in [2.75, 3.05) is 19.6 Å². The normalized spacial score (nSPS) is 27.6. The van der Waals surface area contributed by atoms with Crippen molar-refractivity contribution in [2.24, 2.45) is 5.73 Å². The highest BCUT2D eigenvalue weighted by Crippen LogP contribution is 2.25. The average Bonchev–Trinajstić information content (AvgIpc) is 1.57. The molecule has 4 heteroatoms. The second-order valence-corrected chi connectivity index (χ2v) is 3.00. The number of halogens is 2. The molecule has 1 heterocycles. The lowest BCUT2D eigenvalue weighted by Gasteiger charge is -2.39. The standard InChI is InChI=1S/C6H12F2N2/c1-5(9)2-10-3-6(7,8)4-10/h5H,2-4,9H2,1H3/t5-/m1/s1. The maximum atomic E-state index is 12.2. The molecule has 2 nitrogen and oxygen atoms in total. The molecule has 1 rings (SSSR count). The quantitative estimate of drug-likeness (QED) is 0.612. The first kappa shape index (κ1) is 7.88. The van der Waals surface area contributed by atoms with Gasteiger partial charge in [0, 0.05) is 12.6 Å². The Balaban J connectivity index is 2.15. The van der Waals surface area contributed by atoms with Gasteiger partial charge in [-0.2, -0.15) is 0 Å². The molecule has 10 heavy (non-hydrogen) atoms. The molecule has 0 spiro atoms. The fourth-order valence-corrected chi connectivity index (χ4v) is 1.14. The summed E-state index contributed by atoms with van der Waals surface area (Å²) < 4.78 is 24.3. The van der Waals surface area contributed by atoms with E-state index < -0.39 is 5.92 Å². The maximum absolute atomic E-state index is 12.2. The summed E-state index contributed by atoms with van der Waals surface area (Å²) in [7, 11) is 0. The van der Waals surface area contributed by atoms with E-state index in [0.717, 1.165) is 0 Å². The van der Waals surface area contributed by atoms with Gasteiger partial charge in [-0.1, -0.05) is 0 Å². The Kier molecular flexibility index (Phi) is 1.92. The van der Waals surface area contributed by atoms with Gasteiger partial charge in [-0.15, -0.1) is 0 Å². The van der Waals surface area contributed by atoms with Gasteiger partial charge in [0.25, 0.3) is 5.92 Å². The fraction of sp³-hybridized carbons (Fsp3) is 1.00. The van der Waals surface area contributed by atoms with Crippen LogP contribution in [0.3, 0.4) is 0 Å². The molecule has 1 fully saturated rings. The smallest absolute Gasteiger partial charge is 0.272 e. The molecule has 2 N–H and O–H groups in total. The molecular weight excluding hydrogens is 138 g/mol. The van der Waals surface area contributed by atoms with Crippen molar-refractivity contribution in [3.63, 3.8) is 0 Å². The van der Waals surface area contributed by atoms with Gasteiger partial charge < -0.3 is 5.73 Å². The topological polar surface area (TPSA) is 29.3 Å². The largest absolute Gasteiger partial charge is 0.327 e. The third-order valence-corrected chi connectivity index (χ3v) is 1.46. The van der Waals surface area contributed by atoms with Crippen LogP contribution >= 0.6 is 0 Å². The van der Waals surface area contributed by atoms with E-state index in [9.17, 15) is 8.78 Å². The number of alkyl halides is 2. The Bertz CT molecular complexity index is 114. The minimum atomic E-state index is -2.45. The Hall–Kier alpha value is -0.220. The molecule has 1 aliphatic heterocycles. The van der Waals surface area contributed by atoms with Crippen LogP contribution in [0.2, 0.25) is 0 Å². The molecule has 0 aromatic rings. The van der Waals surface area contributed by atoms with E-state index in [2.05, 4.69) is 0 Å². The minimum Gasteiger partial charge on any atom is -0.327 e. The SMILES string of the molecule is C[C@@H](N)CN1CC(F)(F)C1. The van der Waals surface area contributed by atoms with Crippen LogP contribution in [-0.2, 0) is 0 Å². The first-order valence-electron chi connectivity index (χ1n) is 3.35. The fourth-order valence-electron chi connectivity index (χ4n) is 1.14. The Morgan fingerprint density at radius 2 is 2.10 bits per heavy atom. The van der Waals surface area contributed by atoms with E-state index >= 15 is 0 Å². The Morgan fingerprint density at radius 1 is 1.60 bits per heavy atom. The molecule has 1 atom stereocenters. The zero-order chi connectivity index (χ0) is 7.78. The highest BCUT2D eigenvalue weighted by atomic mass is 19.3. The van der Waals surface area contributed by atoms with Crippen molar-refractivity contribution in [1.29, 1.82) is 0 Å². The zero-order valence-electron chi connectivity index (χ0n) is 5.98. The highest BCUT2D eigenvalue weighted by Gasteiger charge is 2.43. The predicted octanol–water partition coefficient (Wildman–Crippen LogP) is 0.285. The Morgan fingerprint density at radius 3 is 2.40 bits per heavy atom. The summed E-state index contributed by atoms with van der Waals surface area (Å²) in [5.74, 6) is -2.45. The Labute approximate surface area is 59.0 Å². The number of hydrogen-bond donors (Lipinski definition) is 1. The second-order valence-electron chi connectivity index (χ2n) is 3.00. The molecule has 0 saturated carbocycles. The third-order valence-electron chi connectivity index (χ3n) is 1.46. The van der Waals surface area contributed by atoms with E-state index in [1.807, 2.05) is 6.92 Å².